The Morgan fingerprint density at radius 2 is 1.91 bits per heavy atom. The second kappa shape index (κ2) is 5.43. The highest BCUT2D eigenvalue weighted by molar-refractivity contribution is 5.97. The first-order valence-electron chi connectivity index (χ1n) is 7.78. The molecule has 7 heteroatoms. The van der Waals surface area contributed by atoms with Crippen LogP contribution in [0.15, 0.2) is 0 Å². The molecule has 2 aliphatic rings. The van der Waals surface area contributed by atoms with E-state index in [9.17, 15) is 14.7 Å². The Bertz CT molecular complexity index is 515. The maximum Gasteiger partial charge on any atom is 0.337 e. The Morgan fingerprint density at radius 3 is 2.35 bits per heavy atom. The lowest BCUT2D eigenvalue weighted by atomic mass is 9.73. The van der Waals surface area contributed by atoms with Crippen LogP contribution in [0.4, 0.5) is 0 Å². The predicted molar refractivity (Wildman–Crippen MR) is 81.4 cm³/mol. The van der Waals surface area contributed by atoms with Gasteiger partial charge in [-0.1, -0.05) is 27.7 Å². The van der Waals surface area contributed by atoms with Crippen LogP contribution in [0.5, 0.6) is 0 Å². The lowest BCUT2D eigenvalue weighted by molar-refractivity contribution is -0.179. The van der Waals surface area contributed by atoms with E-state index in [1.54, 1.807) is 13.8 Å². The van der Waals surface area contributed by atoms with Gasteiger partial charge in [-0.05, 0) is 6.92 Å². The molecule has 2 heterocycles. The van der Waals surface area contributed by atoms with E-state index in [2.05, 4.69) is 0 Å². The summed E-state index contributed by atoms with van der Waals surface area (Å²) in [5.74, 6) is -1.83. The molecule has 0 radical (unpaired) electrons. The number of amides is 1. The summed E-state index contributed by atoms with van der Waals surface area (Å²) in [6.07, 6.45) is -1.37. The Labute approximate surface area is 136 Å². The van der Waals surface area contributed by atoms with Gasteiger partial charge >= 0.3 is 5.97 Å². The maximum atomic E-state index is 12.9. The number of ether oxygens (including phenoxy) is 3. The second-order valence-electron chi connectivity index (χ2n) is 7.54. The number of carbonyl (C=O) groups is 2. The highest BCUT2D eigenvalue weighted by Crippen LogP contribution is 2.54. The highest BCUT2D eigenvalue weighted by atomic mass is 16.6. The number of rotatable bonds is 3. The topological polar surface area (TPSA) is 85.3 Å². The molecule has 0 spiro atoms. The largest absolute Gasteiger partial charge is 0.467 e. The van der Waals surface area contributed by atoms with Gasteiger partial charge in [0.15, 0.2) is 0 Å². The Kier molecular flexibility index (Phi) is 4.29. The Hall–Kier alpha value is -1.18. The van der Waals surface area contributed by atoms with Gasteiger partial charge in [-0.3, -0.25) is 9.69 Å². The molecule has 23 heavy (non-hydrogen) atoms. The molecule has 0 aromatic rings. The zero-order valence-corrected chi connectivity index (χ0v) is 14.9. The third kappa shape index (κ3) is 2.06. The van der Waals surface area contributed by atoms with Gasteiger partial charge in [-0.25, -0.2) is 4.79 Å². The molecule has 0 aromatic heterocycles. The average molecular weight is 329 g/mol. The zero-order valence-electron chi connectivity index (χ0n) is 14.9. The summed E-state index contributed by atoms with van der Waals surface area (Å²) in [5.41, 5.74) is -3.78. The van der Waals surface area contributed by atoms with Gasteiger partial charge in [-0.15, -0.1) is 0 Å². The number of nitrogens with zero attached hydrogens (tertiary/aromatic N) is 1. The van der Waals surface area contributed by atoms with Crippen LogP contribution >= 0.6 is 0 Å². The van der Waals surface area contributed by atoms with Crippen molar-refractivity contribution in [2.75, 3.05) is 20.8 Å². The van der Waals surface area contributed by atoms with Crippen molar-refractivity contribution in [3.63, 3.8) is 0 Å². The van der Waals surface area contributed by atoms with Crippen molar-refractivity contribution in [1.82, 2.24) is 4.90 Å². The van der Waals surface area contributed by atoms with Crippen molar-refractivity contribution < 1.29 is 28.9 Å². The van der Waals surface area contributed by atoms with E-state index in [4.69, 9.17) is 14.2 Å². The molecule has 2 fully saturated rings. The molecule has 1 amide bonds. The normalized spacial score (nSPS) is 40.4. The number of aliphatic hydroxyl groups is 1. The molecule has 2 saturated heterocycles. The first-order valence-corrected chi connectivity index (χ1v) is 7.78. The van der Waals surface area contributed by atoms with E-state index in [1.807, 2.05) is 20.8 Å². The highest BCUT2D eigenvalue weighted by Gasteiger charge is 2.79. The third-order valence-corrected chi connectivity index (χ3v) is 5.12. The van der Waals surface area contributed by atoms with Crippen LogP contribution in [-0.2, 0) is 23.8 Å². The van der Waals surface area contributed by atoms with E-state index in [-0.39, 0.29) is 12.5 Å². The van der Waals surface area contributed by atoms with Crippen molar-refractivity contribution in [3.8, 4) is 0 Å². The van der Waals surface area contributed by atoms with Crippen LogP contribution in [0.3, 0.4) is 0 Å². The molecule has 5 atom stereocenters. The third-order valence-electron chi connectivity index (χ3n) is 5.12. The van der Waals surface area contributed by atoms with E-state index in [0.717, 1.165) is 0 Å². The van der Waals surface area contributed by atoms with Gasteiger partial charge in [0.05, 0.1) is 25.7 Å². The van der Waals surface area contributed by atoms with Crippen LogP contribution < -0.4 is 0 Å². The van der Waals surface area contributed by atoms with Crippen molar-refractivity contribution in [2.24, 2.45) is 11.3 Å². The summed E-state index contributed by atoms with van der Waals surface area (Å²) in [6.45, 7) is 8.88. The lowest BCUT2D eigenvalue weighted by Crippen LogP contribution is -2.69. The number of carbonyl (C=O) groups excluding carboxylic acids is 2. The molecule has 2 rings (SSSR count). The molecule has 2 aliphatic heterocycles. The summed E-state index contributed by atoms with van der Waals surface area (Å²) in [6, 6.07) is 0. The molecule has 0 aliphatic carbocycles. The van der Waals surface area contributed by atoms with Crippen molar-refractivity contribution in [1.29, 1.82) is 0 Å². The van der Waals surface area contributed by atoms with Crippen molar-refractivity contribution >= 4 is 11.9 Å². The summed E-state index contributed by atoms with van der Waals surface area (Å²) >= 11 is 0. The Morgan fingerprint density at radius 1 is 1.35 bits per heavy atom. The van der Waals surface area contributed by atoms with E-state index >= 15 is 0 Å². The van der Waals surface area contributed by atoms with Crippen LogP contribution in [0.2, 0.25) is 0 Å². The standard InChI is InChI=1S/C16H27NO6/c1-9-11(18)17-12(14(3,4)5)23-10(2)16(17,13(19)22-7)15(9,20)8-21-6/h9-10,12,20H,8H2,1-7H3/t9-,10-,12-,15-,16+/m1/s1. The maximum absolute atomic E-state index is 12.9. The molecular formula is C16H27NO6. The molecule has 7 nitrogen and oxygen atoms in total. The van der Waals surface area contributed by atoms with Crippen molar-refractivity contribution in [3.05, 3.63) is 0 Å². The minimum atomic E-state index is -1.73. The first kappa shape index (κ1) is 18.2. The smallest absolute Gasteiger partial charge is 0.337 e. The van der Waals surface area contributed by atoms with E-state index in [1.165, 1.54) is 19.1 Å². The van der Waals surface area contributed by atoms with Crippen LogP contribution in [0.25, 0.3) is 0 Å². The number of hydrogen-bond acceptors (Lipinski definition) is 6. The SMILES string of the molecule is COC[C@@]1(O)[C@H](C)C(=O)N2[C@@H](C(C)(C)C)O[C@H](C)[C@@]21C(=O)OC. The fourth-order valence-electron chi connectivity index (χ4n) is 3.97. The summed E-state index contributed by atoms with van der Waals surface area (Å²) in [5, 5.41) is 11.3. The van der Waals surface area contributed by atoms with Gasteiger partial charge in [-0.2, -0.15) is 0 Å². The van der Waals surface area contributed by atoms with Crippen molar-refractivity contribution in [2.45, 2.75) is 58.1 Å². The minimum Gasteiger partial charge on any atom is -0.467 e. The molecule has 1 N–H and O–H groups in total. The molecule has 0 bridgehead atoms. The van der Waals surface area contributed by atoms with Crippen LogP contribution in [0.1, 0.15) is 34.6 Å². The fraction of sp³-hybridized carbons (Fsp3) is 0.875. The fourth-order valence-corrected chi connectivity index (χ4v) is 3.97. The molecule has 0 unspecified atom stereocenters. The second-order valence-corrected chi connectivity index (χ2v) is 7.54. The minimum absolute atomic E-state index is 0.171. The molecule has 0 saturated carbocycles. The van der Waals surface area contributed by atoms with Gasteiger partial charge in [0, 0.05) is 12.5 Å². The first-order chi connectivity index (χ1) is 10.5. The summed E-state index contributed by atoms with van der Waals surface area (Å²) in [7, 11) is 2.66. The quantitative estimate of drug-likeness (QED) is 0.761. The molecule has 132 valence electrons. The number of esters is 1. The molecule has 0 aromatic carbocycles. The van der Waals surface area contributed by atoms with Gasteiger partial charge in [0.25, 0.3) is 0 Å². The zero-order chi connectivity index (χ0) is 17.8. The van der Waals surface area contributed by atoms with E-state index in [0.29, 0.717) is 0 Å². The lowest BCUT2D eigenvalue weighted by Gasteiger charge is -2.42. The number of fused-ring (bicyclic) bond motifs is 1. The number of hydrogen-bond donors (Lipinski definition) is 1. The van der Waals surface area contributed by atoms with Crippen LogP contribution in [0, 0.1) is 11.3 Å². The van der Waals surface area contributed by atoms with E-state index < -0.39 is 40.8 Å². The Balaban J connectivity index is 2.72. The van der Waals surface area contributed by atoms with Gasteiger partial charge < -0.3 is 19.3 Å². The predicted octanol–water partition coefficient (Wildman–Crippen LogP) is 0.545. The monoisotopic (exact) mass is 329 g/mol. The van der Waals surface area contributed by atoms with Gasteiger partial charge in [0.2, 0.25) is 11.4 Å². The van der Waals surface area contributed by atoms with Gasteiger partial charge in [0.1, 0.15) is 11.8 Å². The summed E-state index contributed by atoms with van der Waals surface area (Å²) in [4.78, 5) is 27.1. The summed E-state index contributed by atoms with van der Waals surface area (Å²) < 4.78 is 16.1. The van der Waals surface area contributed by atoms with Crippen LogP contribution in [-0.4, -0.2) is 66.2 Å². The average Bonchev–Trinajstić information content (AvgIpc) is 2.86. The number of methoxy groups -OCH3 is 2. The molecular weight excluding hydrogens is 302 g/mol.